The fourth-order valence-electron chi connectivity index (χ4n) is 2.65. The highest BCUT2D eigenvalue weighted by Crippen LogP contribution is 2.28. The van der Waals surface area contributed by atoms with E-state index in [1.54, 1.807) is 7.11 Å². The first-order valence-corrected chi connectivity index (χ1v) is 8.73. The van der Waals surface area contributed by atoms with Crippen molar-refractivity contribution in [2.45, 2.75) is 20.4 Å². The number of halogens is 2. The number of nitrogens with zero attached hydrogens (tertiary/aromatic N) is 1. The molecule has 0 aromatic heterocycles. The molecule has 0 aliphatic heterocycles. The maximum absolute atomic E-state index is 13.2. The van der Waals surface area contributed by atoms with Crippen molar-refractivity contribution >= 4 is 11.6 Å². The maximum Gasteiger partial charge on any atom is 0.238 e. The summed E-state index contributed by atoms with van der Waals surface area (Å²) >= 11 is 0. The summed E-state index contributed by atoms with van der Waals surface area (Å²) < 4.78 is 37.3. The van der Waals surface area contributed by atoms with E-state index in [0.717, 1.165) is 23.8 Å². The number of carbonyl (C=O) groups is 1. The number of methoxy groups -OCH3 is 1. The Morgan fingerprint density at radius 1 is 1.07 bits per heavy atom. The van der Waals surface area contributed by atoms with Crippen LogP contribution in [-0.4, -0.2) is 37.6 Å². The van der Waals surface area contributed by atoms with Crippen molar-refractivity contribution in [2.75, 3.05) is 32.1 Å². The molecule has 2 aromatic rings. The molecule has 2 aromatic carbocycles. The van der Waals surface area contributed by atoms with Crippen molar-refractivity contribution in [1.29, 1.82) is 0 Å². The molecule has 2 rings (SSSR count). The molecular weight excluding hydrogens is 354 g/mol. The molecule has 0 aliphatic carbocycles. The van der Waals surface area contributed by atoms with Gasteiger partial charge in [0.15, 0.2) is 11.5 Å². The highest BCUT2D eigenvalue weighted by atomic mass is 19.1. The van der Waals surface area contributed by atoms with Crippen molar-refractivity contribution in [2.24, 2.45) is 0 Å². The van der Waals surface area contributed by atoms with E-state index < -0.39 is 11.6 Å². The minimum atomic E-state index is -0.737. The van der Waals surface area contributed by atoms with Crippen LogP contribution in [0.2, 0.25) is 0 Å². The summed E-state index contributed by atoms with van der Waals surface area (Å²) in [5.74, 6) is -0.527. The smallest absolute Gasteiger partial charge is 0.238 e. The Kier molecular flexibility index (Phi) is 7.55. The van der Waals surface area contributed by atoms with Crippen LogP contribution in [0.1, 0.15) is 19.4 Å². The summed E-state index contributed by atoms with van der Waals surface area (Å²) in [4.78, 5) is 14.1. The molecule has 146 valence electrons. The third-order valence-corrected chi connectivity index (χ3v) is 3.89. The Morgan fingerprint density at radius 2 is 1.78 bits per heavy atom. The van der Waals surface area contributed by atoms with Gasteiger partial charge in [-0.3, -0.25) is 9.69 Å². The van der Waals surface area contributed by atoms with Gasteiger partial charge in [0.25, 0.3) is 0 Å². The van der Waals surface area contributed by atoms with Crippen molar-refractivity contribution in [1.82, 2.24) is 4.90 Å². The molecule has 0 aliphatic rings. The average Bonchev–Trinajstić information content (AvgIpc) is 2.61. The predicted octanol–water partition coefficient (Wildman–Crippen LogP) is 3.83. The summed E-state index contributed by atoms with van der Waals surface area (Å²) in [6.07, 6.45) is 0. The van der Waals surface area contributed by atoms with Crippen LogP contribution in [0, 0.1) is 11.6 Å². The number of nitrogens with one attached hydrogen (secondary N) is 1. The highest BCUT2D eigenvalue weighted by Gasteiger charge is 2.13. The number of ether oxygens (including phenoxy) is 2. The molecule has 0 fully saturated rings. The van der Waals surface area contributed by atoms with Gasteiger partial charge in [0, 0.05) is 18.3 Å². The van der Waals surface area contributed by atoms with Crippen molar-refractivity contribution < 1.29 is 23.0 Å². The van der Waals surface area contributed by atoms with Gasteiger partial charge in [-0.05, 0) is 43.3 Å². The van der Waals surface area contributed by atoms with Crippen LogP contribution in [0.5, 0.6) is 11.5 Å². The Bertz CT molecular complexity index is 764. The SMILES string of the molecule is CCOc1ccc(CN(CC)CC(=O)Nc2cc(F)cc(F)c2)cc1OC. The summed E-state index contributed by atoms with van der Waals surface area (Å²) in [6, 6.07) is 8.53. The monoisotopic (exact) mass is 378 g/mol. The lowest BCUT2D eigenvalue weighted by Gasteiger charge is -2.21. The molecule has 5 nitrogen and oxygen atoms in total. The average molecular weight is 378 g/mol. The van der Waals surface area contributed by atoms with E-state index >= 15 is 0 Å². The van der Waals surface area contributed by atoms with Gasteiger partial charge in [0.2, 0.25) is 5.91 Å². The molecule has 0 bridgehead atoms. The van der Waals surface area contributed by atoms with Crippen molar-refractivity contribution in [3.8, 4) is 11.5 Å². The Hall–Kier alpha value is -2.67. The van der Waals surface area contributed by atoms with Gasteiger partial charge in [-0.15, -0.1) is 0 Å². The number of hydrogen-bond donors (Lipinski definition) is 1. The summed E-state index contributed by atoms with van der Waals surface area (Å²) in [5, 5.41) is 2.52. The second-order valence-electron chi connectivity index (χ2n) is 5.93. The van der Waals surface area contributed by atoms with E-state index in [-0.39, 0.29) is 18.1 Å². The van der Waals surface area contributed by atoms with Gasteiger partial charge in [-0.25, -0.2) is 8.78 Å². The first kappa shape index (κ1) is 20.6. The van der Waals surface area contributed by atoms with E-state index in [2.05, 4.69) is 5.32 Å². The zero-order chi connectivity index (χ0) is 19.8. The van der Waals surface area contributed by atoms with Gasteiger partial charge < -0.3 is 14.8 Å². The number of anilines is 1. The number of amides is 1. The number of benzene rings is 2. The van der Waals surface area contributed by atoms with E-state index in [4.69, 9.17) is 9.47 Å². The van der Waals surface area contributed by atoms with Crippen LogP contribution in [0.3, 0.4) is 0 Å². The largest absolute Gasteiger partial charge is 0.493 e. The van der Waals surface area contributed by atoms with Gasteiger partial charge in [0.1, 0.15) is 11.6 Å². The Morgan fingerprint density at radius 3 is 2.37 bits per heavy atom. The van der Waals surface area contributed by atoms with Crippen LogP contribution in [0.25, 0.3) is 0 Å². The minimum Gasteiger partial charge on any atom is -0.493 e. The fraction of sp³-hybridized carbons (Fsp3) is 0.350. The van der Waals surface area contributed by atoms with Crippen molar-refractivity contribution in [3.05, 3.63) is 53.6 Å². The van der Waals surface area contributed by atoms with Crippen LogP contribution in [-0.2, 0) is 11.3 Å². The molecular formula is C20H24F2N2O3. The number of rotatable bonds is 9. The molecule has 1 N–H and O–H groups in total. The number of hydrogen-bond acceptors (Lipinski definition) is 4. The number of carbonyl (C=O) groups excluding carboxylic acids is 1. The molecule has 27 heavy (non-hydrogen) atoms. The topological polar surface area (TPSA) is 50.8 Å². The van der Waals surface area contributed by atoms with E-state index in [9.17, 15) is 13.6 Å². The Balaban J connectivity index is 2.01. The van der Waals surface area contributed by atoms with Crippen LogP contribution >= 0.6 is 0 Å². The Labute approximate surface area is 157 Å². The lowest BCUT2D eigenvalue weighted by Crippen LogP contribution is -2.32. The van der Waals surface area contributed by atoms with Gasteiger partial charge in [-0.2, -0.15) is 0 Å². The molecule has 0 saturated heterocycles. The zero-order valence-corrected chi connectivity index (χ0v) is 15.7. The first-order valence-electron chi connectivity index (χ1n) is 8.73. The second-order valence-corrected chi connectivity index (χ2v) is 5.93. The van der Waals surface area contributed by atoms with E-state index in [1.807, 2.05) is 36.9 Å². The first-order chi connectivity index (χ1) is 12.9. The molecule has 0 unspecified atom stereocenters. The molecule has 1 amide bonds. The highest BCUT2D eigenvalue weighted by molar-refractivity contribution is 5.92. The van der Waals surface area contributed by atoms with Crippen LogP contribution in [0.4, 0.5) is 14.5 Å². The van der Waals surface area contributed by atoms with Crippen molar-refractivity contribution in [3.63, 3.8) is 0 Å². The maximum atomic E-state index is 13.2. The molecule has 0 spiro atoms. The fourth-order valence-corrected chi connectivity index (χ4v) is 2.65. The zero-order valence-electron chi connectivity index (χ0n) is 15.7. The predicted molar refractivity (Wildman–Crippen MR) is 100 cm³/mol. The van der Waals surface area contributed by atoms with Gasteiger partial charge in [0.05, 0.1) is 20.3 Å². The molecule has 7 heteroatoms. The van der Waals surface area contributed by atoms with E-state index in [0.29, 0.717) is 31.2 Å². The lowest BCUT2D eigenvalue weighted by molar-refractivity contribution is -0.117. The summed E-state index contributed by atoms with van der Waals surface area (Å²) in [5.41, 5.74) is 1.05. The minimum absolute atomic E-state index is 0.0875. The quantitative estimate of drug-likeness (QED) is 0.721. The molecule has 0 heterocycles. The lowest BCUT2D eigenvalue weighted by atomic mass is 10.2. The number of likely N-dealkylation sites (N-methyl/N-ethyl adjacent to an activating group) is 1. The van der Waals surface area contributed by atoms with Crippen LogP contribution in [0.15, 0.2) is 36.4 Å². The third kappa shape index (κ3) is 6.21. The summed E-state index contributed by atoms with van der Waals surface area (Å²) in [6.45, 7) is 5.60. The molecule has 0 saturated carbocycles. The van der Waals surface area contributed by atoms with Gasteiger partial charge in [-0.1, -0.05) is 13.0 Å². The standard InChI is InChI=1S/C20H24F2N2O3/c1-4-24(12-14-6-7-18(27-5-2)19(8-14)26-3)13-20(25)23-17-10-15(21)9-16(22)11-17/h6-11H,4-5,12-13H2,1-3H3,(H,23,25). The normalized spacial score (nSPS) is 10.7. The molecule has 0 atom stereocenters. The molecule has 0 radical (unpaired) electrons. The van der Waals surface area contributed by atoms with Crippen LogP contribution < -0.4 is 14.8 Å². The van der Waals surface area contributed by atoms with E-state index in [1.165, 1.54) is 0 Å². The summed E-state index contributed by atoms with van der Waals surface area (Å²) in [7, 11) is 1.57. The third-order valence-electron chi connectivity index (χ3n) is 3.89. The second kappa shape index (κ2) is 9.87. The van der Waals surface area contributed by atoms with Gasteiger partial charge >= 0.3 is 0 Å².